The standard InChI is InChI=1S/C12H20N2O3/c1-5-6-7-9(2)14(4)12(17)10(13-3)8-11(15)16/h5-7,10,13H,8H2,1-4H3,(H,15,16). The minimum absolute atomic E-state index is 0.226. The molecule has 1 unspecified atom stereocenters. The van der Waals surface area contributed by atoms with E-state index < -0.39 is 12.0 Å². The van der Waals surface area contributed by atoms with Crippen LogP contribution in [0.1, 0.15) is 20.3 Å². The zero-order chi connectivity index (χ0) is 13.4. The van der Waals surface area contributed by atoms with Crippen LogP contribution in [0.3, 0.4) is 0 Å². The summed E-state index contributed by atoms with van der Waals surface area (Å²) in [6, 6.07) is -0.702. The Hall–Kier alpha value is -1.62. The van der Waals surface area contributed by atoms with E-state index in [1.165, 1.54) is 4.90 Å². The van der Waals surface area contributed by atoms with Gasteiger partial charge in [0.05, 0.1) is 12.5 Å². The maximum atomic E-state index is 11.9. The quantitative estimate of drug-likeness (QED) is 0.679. The van der Waals surface area contributed by atoms with Gasteiger partial charge >= 0.3 is 5.97 Å². The minimum Gasteiger partial charge on any atom is -0.481 e. The third kappa shape index (κ3) is 5.31. The zero-order valence-electron chi connectivity index (χ0n) is 10.7. The van der Waals surface area contributed by atoms with E-state index >= 15 is 0 Å². The van der Waals surface area contributed by atoms with Crippen LogP contribution in [0.4, 0.5) is 0 Å². The number of nitrogens with one attached hydrogen (secondary N) is 1. The Balaban J connectivity index is 4.71. The molecule has 0 bridgehead atoms. The molecule has 96 valence electrons. The molecule has 0 heterocycles. The number of carbonyl (C=O) groups excluding carboxylic acids is 1. The molecule has 0 aliphatic rings. The normalized spacial score (nSPS) is 13.8. The molecule has 0 saturated heterocycles. The van der Waals surface area contributed by atoms with Crippen molar-refractivity contribution in [1.82, 2.24) is 10.2 Å². The van der Waals surface area contributed by atoms with Crippen molar-refractivity contribution in [2.24, 2.45) is 0 Å². The highest BCUT2D eigenvalue weighted by Crippen LogP contribution is 2.05. The van der Waals surface area contributed by atoms with Crippen LogP contribution >= 0.6 is 0 Å². The third-order valence-electron chi connectivity index (χ3n) is 2.41. The lowest BCUT2D eigenvalue weighted by Crippen LogP contribution is -2.44. The molecule has 0 aromatic rings. The molecule has 0 aromatic heterocycles. The third-order valence-corrected chi connectivity index (χ3v) is 2.41. The van der Waals surface area contributed by atoms with Crippen molar-refractivity contribution < 1.29 is 14.7 Å². The van der Waals surface area contributed by atoms with Gasteiger partial charge in [-0.2, -0.15) is 0 Å². The predicted octanol–water partition coefficient (Wildman–Crippen LogP) is 0.987. The Labute approximate surface area is 102 Å². The van der Waals surface area contributed by atoms with Gasteiger partial charge in [-0.05, 0) is 27.0 Å². The molecule has 17 heavy (non-hydrogen) atoms. The van der Waals surface area contributed by atoms with Crippen LogP contribution in [-0.4, -0.2) is 42.0 Å². The predicted molar refractivity (Wildman–Crippen MR) is 66.4 cm³/mol. The minimum atomic E-state index is -0.999. The molecule has 0 spiro atoms. The number of carbonyl (C=O) groups is 2. The first-order chi connectivity index (χ1) is 7.93. The van der Waals surface area contributed by atoms with Crippen LogP contribution in [0.15, 0.2) is 23.9 Å². The number of aliphatic carboxylic acids is 1. The van der Waals surface area contributed by atoms with Gasteiger partial charge in [-0.15, -0.1) is 0 Å². The Morgan fingerprint density at radius 1 is 1.47 bits per heavy atom. The second kappa shape index (κ2) is 7.62. The van der Waals surface area contributed by atoms with Crippen LogP contribution in [0.5, 0.6) is 0 Å². The van der Waals surface area contributed by atoms with E-state index in [9.17, 15) is 9.59 Å². The number of nitrogens with zero attached hydrogens (tertiary/aromatic N) is 1. The molecule has 5 nitrogen and oxygen atoms in total. The van der Waals surface area contributed by atoms with Crippen molar-refractivity contribution in [1.29, 1.82) is 0 Å². The van der Waals surface area contributed by atoms with E-state index in [0.29, 0.717) is 0 Å². The fraction of sp³-hybridized carbons (Fsp3) is 0.500. The Bertz CT molecular complexity index is 335. The lowest BCUT2D eigenvalue weighted by molar-refractivity contribution is -0.141. The van der Waals surface area contributed by atoms with Crippen LogP contribution in [0.2, 0.25) is 0 Å². The highest BCUT2D eigenvalue weighted by atomic mass is 16.4. The number of amides is 1. The van der Waals surface area contributed by atoms with Crippen LogP contribution in [0, 0.1) is 0 Å². The van der Waals surface area contributed by atoms with Gasteiger partial charge in [-0.3, -0.25) is 9.59 Å². The van der Waals surface area contributed by atoms with Gasteiger partial charge < -0.3 is 15.3 Å². The molecular weight excluding hydrogens is 220 g/mol. The van der Waals surface area contributed by atoms with Crippen LogP contribution in [-0.2, 0) is 9.59 Å². The topological polar surface area (TPSA) is 69.6 Å². The van der Waals surface area contributed by atoms with Crippen molar-refractivity contribution >= 4 is 11.9 Å². The van der Waals surface area contributed by atoms with Crippen LogP contribution < -0.4 is 5.32 Å². The molecule has 0 aromatic carbocycles. The summed E-state index contributed by atoms with van der Waals surface area (Å²) in [5, 5.41) is 11.4. The monoisotopic (exact) mass is 240 g/mol. The second-order valence-electron chi connectivity index (χ2n) is 3.67. The van der Waals surface area contributed by atoms with E-state index in [4.69, 9.17) is 5.11 Å². The maximum absolute atomic E-state index is 11.9. The number of carboxylic acids is 1. The van der Waals surface area contributed by atoms with Gasteiger partial charge in [0.2, 0.25) is 5.91 Å². The molecule has 5 heteroatoms. The first kappa shape index (κ1) is 15.4. The molecule has 0 rings (SSSR count). The summed E-state index contributed by atoms with van der Waals surface area (Å²) in [5.74, 6) is -1.26. The number of hydrogen-bond acceptors (Lipinski definition) is 3. The number of likely N-dealkylation sites (N-methyl/N-ethyl adjacent to an activating group) is 2. The molecule has 1 amide bonds. The lowest BCUT2D eigenvalue weighted by atomic mass is 10.1. The number of hydrogen-bond donors (Lipinski definition) is 2. The van der Waals surface area contributed by atoms with Crippen molar-refractivity contribution in [3.63, 3.8) is 0 Å². The van der Waals surface area contributed by atoms with Crippen molar-refractivity contribution in [3.05, 3.63) is 23.9 Å². The molecule has 2 N–H and O–H groups in total. The number of carboxylic acid groups (broad SMARTS) is 1. The van der Waals surface area contributed by atoms with E-state index in [0.717, 1.165) is 5.70 Å². The molecule has 0 saturated carbocycles. The molecular formula is C12H20N2O3. The summed E-state index contributed by atoms with van der Waals surface area (Å²) in [4.78, 5) is 24.0. The highest BCUT2D eigenvalue weighted by molar-refractivity contribution is 5.87. The second-order valence-corrected chi connectivity index (χ2v) is 3.67. The zero-order valence-corrected chi connectivity index (χ0v) is 10.7. The average Bonchev–Trinajstić information content (AvgIpc) is 2.30. The van der Waals surface area contributed by atoms with Gasteiger partial charge in [0.1, 0.15) is 0 Å². The summed E-state index contributed by atoms with van der Waals surface area (Å²) in [5.41, 5.74) is 0.763. The highest BCUT2D eigenvalue weighted by Gasteiger charge is 2.23. The Kier molecular flexibility index (Phi) is 6.89. The first-order valence-electron chi connectivity index (χ1n) is 5.40. The fourth-order valence-corrected chi connectivity index (χ4v) is 1.24. The largest absolute Gasteiger partial charge is 0.481 e. The lowest BCUT2D eigenvalue weighted by Gasteiger charge is -2.23. The van der Waals surface area contributed by atoms with Crippen molar-refractivity contribution in [2.75, 3.05) is 14.1 Å². The summed E-state index contributed by atoms with van der Waals surface area (Å²) in [6.07, 6.45) is 5.25. The van der Waals surface area contributed by atoms with Gasteiger partial charge in [0, 0.05) is 12.7 Å². The molecule has 0 radical (unpaired) electrons. The van der Waals surface area contributed by atoms with E-state index in [1.807, 2.05) is 19.1 Å². The molecule has 0 aliphatic carbocycles. The number of rotatable bonds is 6. The summed E-state index contributed by atoms with van der Waals surface area (Å²) < 4.78 is 0. The first-order valence-corrected chi connectivity index (χ1v) is 5.40. The number of allylic oxidation sites excluding steroid dienone is 4. The molecule has 1 atom stereocenters. The van der Waals surface area contributed by atoms with Crippen LogP contribution in [0.25, 0.3) is 0 Å². The van der Waals surface area contributed by atoms with E-state index in [-0.39, 0.29) is 12.3 Å². The maximum Gasteiger partial charge on any atom is 0.305 e. The van der Waals surface area contributed by atoms with E-state index in [2.05, 4.69) is 5.32 Å². The van der Waals surface area contributed by atoms with E-state index in [1.54, 1.807) is 27.1 Å². The van der Waals surface area contributed by atoms with Crippen molar-refractivity contribution in [3.8, 4) is 0 Å². The Morgan fingerprint density at radius 3 is 2.47 bits per heavy atom. The SMILES string of the molecule is CC=CC=C(C)N(C)C(=O)C(CC(=O)O)NC. The van der Waals surface area contributed by atoms with Gasteiger partial charge in [0.25, 0.3) is 0 Å². The van der Waals surface area contributed by atoms with Gasteiger partial charge in [-0.1, -0.05) is 12.2 Å². The Morgan fingerprint density at radius 2 is 2.06 bits per heavy atom. The average molecular weight is 240 g/mol. The van der Waals surface area contributed by atoms with Crippen molar-refractivity contribution in [2.45, 2.75) is 26.3 Å². The van der Waals surface area contributed by atoms with Gasteiger partial charge in [-0.25, -0.2) is 0 Å². The summed E-state index contributed by atoms with van der Waals surface area (Å²) in [7, 11) is 3.20. The molecule has 0 aliphatic heterocycles. The fourth-order valence-electron chi connectivity index (χ4n) is 1.24. The van der Waals surface area contributed by atoms with Gasteiger partial charge in [0.15, 0.2) is 0 Å². The summed E-state index contributed by atoms with van der Waals surface area (Å²) >= 11 is 0. The smallest absolute Gasteiger partial charge is 0.305 e. The summed E-state index contributed by atoms with van der Waals surface area (Å²) in [6.45, 7) is 3.68. The molecule has 0 fully saturated rings.